The molecule has 1 aromatic rings. The molecule has 1 spiro atoms. The number of phenolic OH excluding ortho intramolecular Hbond substituents is 1. The van der Waals surface area contributed by atoms with Gasteiger partial charge in [0.05, 0.1) is 0 Å². The summed E-state index contributed by atoms with van der Waals surface area (Å²) in [6, 6.07) is 5.18. The molecule has 19 heavy (non-hydrogen) atoms. The van der Waals surface area contributed by atoms with Crippen LogP contribution >= 0.6 is 0 Å². The van der Waals surface area contributed by atoms with Crippen LogP contribution in [0.15, 0.2) is 18.2 Å². The van der Waals surface area contributed by atoms with E-state index in [0.29, 0.717) is 12.8 Å². The molecule has 0 unspecified atom stereocenters. The minimum absolute atomic E-state index is 0.111. The van der Waals surface area contributed by atoms with Crippen LogP contribution in [0.2, 0.25) is 0 Å². The summed E-state index contributed by atoms with van der Waals surface area (Å²) in [4.78, 5) is 11.9. The van der Waals surface area contributed by atoms with Gasteiger partial charge in [-0.3, -0.25) is 4.79 Å². The number of hydrogen-bond acceptors (Lipinski definition) is 2. The van der Waals surface area contributed by atoms with Crippen molar-refractivity contribution in [3.8, 4) is 5.75 Å². The molecule has 1 aliphatic carbocycles. The van der Waals surface area contributed by atoms with Crippen LogP contribution in [-0.4, -0.2) is 35.2 Å². The van der Waals surface area contributed by atoms with E-state index in [9.17, 15) is 23.1 Å². The molecule has 1 aromatic carbocycles. The lowest BCUT2D eigenvalue weighted by atomic mass is 9.77. The van der Waals surface area contributed by atoms with E-state index in [4.69, 9.17) is 0 Å². The molecule has 3 nitrogen and oxygen atoms in total. The molecule has 0 bridgehead atoms. The van der Waals surface area contributed by atoms with Crippen molar-refractivity contribution < 1.29 is 23.1 Å². The van der Waals surface area contributed by atoms with Crippen LogP contribution in [-0.2, 0) is 17.6 Å². The van der Waals surface area contributed by atoms with Crippen molar-refractivity contribution in [3.63, 3.8) is 0 Å². The SMILES string of the molecule is O=C(N1CC2(Cc3cccc(O)c3C2)C1)C(F)(F)F. The minimum Gasteiger partial charge on any atom is -0.508 e. The Bertz CT molecular complexity index is 547. The Hall–Kier alpha value is -1.72. The first-order valence-corrected chi connectivity index (χ1v) is 5.97. The van der Waals surface area contributed by atoms with Gasteiger partial charge in [-0.1, -0.05) is 12.1 Å². The van der Waals surface area contributed by atoms with E-state index in [1.165, 1.54) is 0 Å². The monoisotopic (exact) mass is 271 g/mol. The second-order valence-electron chi connectivity index (χ2n) is 5.43. The van der Waals surface area contributed by atoms with Gasteiger partial charge in [0.15, 0.2) is 0 Å². The van der Waals surface area contributed by atoms with Gasteiger partial charge in [-0.05, 0) is 30.0 Å². The van der Waals surface area contributed by atoms with Gasteiger partial charge in [-0.2, -0.15) is 13.2 Å². The number of phenols is 1. The predicted molar refractivity (Wildman–Crippen MR) is 60.6 cm³/mol. The second kappa shape index (κ2) is 3.65. The number of carbonyl (C=O) groups is 1. The maximum atomic E-state index is 12.3. The van der Waals surface area contributed by atoms with Crippen molar-refractivity contribution in [2.45, 2.75) is 19.0 Å². The fourth-order valence-electron chi connectivity index (χ4n) is 3.14. The summed E-state index contributed by atoms with van der Waals surface area (Å²) in [7, 11) is 0. The Labute approximate surface area is 107 Å². The molecule has 0 radical (unpaired) electrons. The van der Waals surface area contributed by atoms with Crippen LogP contribution in [0.1, 0.15) is 11.1 Å². The van der Waals surface area contributed by atoms with Gasteiger partial charge in [0.25, 0.3) is 0 Å². The van der Waals surface area contributed by atoms with Crippen LogP contribution in [0.4, 0.5) is 13.2 Å². The molecule has 1 fully saturated rings. The van der Waals surface area contributed by atoms with E-state index >= 15 is 0 Å². The normalized spacial score (nSPS) is 20.3. The third-order valence-electron chi connectivity index (χ3n) is 3.95. The van der Waals surface area contributed by atoms with Crippen molar-refractivity contribution in [1.29, 1.82) is 0 Å². The van der Waals surface area contributed by atoms with Crippen LogP contribution in [0.5, 0.6) is 5.75 Å². The number of fused-ring (bicyclic) bond motifs is 1. The second-order valence-corrected chi connectivity index (χ2v) is 5.43. The van der Waals surface area contributed by atoms with Gasteiger partial charge in [-0.25, -0.2) is 0 Å². The van der Waals surface area contributed by atoms with Gasteiger partial charge in [0.1, 0.15) is 5.75 Å². The Kier molecular flexibility index (Phi) is 2.37. The first-order valence-electron chi connectivity index (χ1n) is 5.97. The highest BCUT2D eigenvalue weighted by Crippen LogP contribution is 2.47. The standard InChI is InChI=1S/C13H12F3NO2/c14-13(15,16)11(19)17-6-12(7-17)4-8-2-1-3-10(18)9(8)5-12/h1-3,18H,4-7H2. The molecule has 1 amide bonds. The molecule has 3 rings (SSSR count). The van der Waals surface area contributed by atoms with Crippen LogP contribution < -0.4 is 0 Å². The molecule has 0 saturated carbocycles. The quantitative estimate of drug-likeness (QED) is 0.782. The van der Waals surface area contributed by atoms with Gasteiger partial charge in [0.2, 0.25) is 0 Å². The summed E-state index contributed by atoms with van der Waals surface area (Å²) in [6.07, 6.45) is -3.63. The summed E-state index contributed by atoms with van der Waals surface area (Å²) in [5, 5.41) is 9.73. The van der Waals surface area contributed by atoms with Gasteiger partial charge < -0.3 is 10.0 Å². The minimum atomic E-state index is -4.80. The van der Waals surface area contributed by atoms with E-state index < -0.39 is 12.1 Å². The number of carbonyl (C=O) groups excluding carboxylic acids is 1. The predicted octanol–water partition coefficient (Wildman–Crippen LogP) is 1.88. The highest BCUT2D eigenvalue weighted by Gasteiger charge is 2.54. The van der Waals surface area contributed by atoms with E-state index in [2.05, 4.69) is 0 Å². The highest BCUT2D eigenvalue weighted by molar-refractivity contribution is 5.82. The number of alkyl halides is 3. The number of amides is 1. The number of hydrogen-bond donors (Lipinski definition) is 1. The molecular formula is C13H12F3NO2. The average molecular weight is 271 g/mol. The number of aromatic hydroxyl groups is 1. The summed E-state index contributed by atoms with van der Waals surface area (Å²) in [6.45, 7) is 0.221. The van der Waals surface area contributed by atoms with Crippen molar-refractivity contribution in [2.24, 2.45) is 5.41 Å². The molecule has 0 atom stereocenters. The lowest BCUT2D eigenvalue weighted by molar-refractivity contribution is -0.196. The number of rotatable bonds is 0. The van der Waals surface area contributed by atoms with Gasteiger partial charge >= 0.3 is 12.1 Å². The zero-order chi connectivity index (χ0) is 13.8. The molecule has 0 aromatic heterocycles. The molecule has 1 heterocycles. The first-order chi connectivity index (χ1) is 8.81. The maximum Gasteiger partial charge on any atom is 0.471 e. The van der Waals surface area contributed by atoms with Crippen LogP contribution in [0.25, 0.3) is 0 Å². The average Bonchev–Trinajstić information content (AvgIpc) is 2.65. The lowest BCUT2D eigenvalue weighted by Crippen LogP contribution is -2.61. The Morgan fingerprint density at radius 2 is 1.95 bits per heavy atom. The van der Waals surface area contributed by atoms with E-state index in [-0.39, 0.29) is 24.3 Å². The molecule has 1 saturated heterocycles. The zero-order valence-corrected chi connectivity index (χ0v) is 10.00. The molecule has 6 heteroatoms. The highest BCUT2D eigenvalue weighted by atomic mass is 19.4. The zero-order valence-electron chi connectivity index (χ0n) is 10.00. The van der Waals surface area contributed by atoms with Crippen molar-refractivity contribution in [1.82, 2.24) is 4.90 Å². The topological polar surface area (TPSA) is 40.5 Å². The summed E-state index contributed by atoms with van der Waals surface area (Å²) >= 11 is 0. The lowest BCUT2D eigenvalue weighted by Gasteiger charge is -2.48. The summed E-state index contributed by atoms with van der Waals surface area (Å²) in [5.74, 6) is -1.58. The van der Waals surface area contributed by atoms with Gasteiger partial charge in [-0.15, -0.1) is 0 Å². The fourth-order valence-corrected chi connectivity index (χ4v) is 3.14. The third kappa shape index (κ3) is 1.86. The van der Waals surface area contributed by atoms with E-state index in [1.54, 1.807) is 12.1 Å². The smallest absolute Gasteiger partial charge is 0.471 e. The Morgan fingerprint density at radius 3 is 2.53 bits per heavy atom. The number of halogens is 3. The first kappa shape index (κ1) is 12.3. The maximum absolute atomic E-state index is 12.3. The molecule has 102 valence electrons. The van der Waals surface area contributed by atoms with Gasteiger partial charge in [0, 0.05) is 18.5 Å². The summed E-state index contributed by atoms with van der Waals surface area (Å²) < 4.78 is 36.9. The van der Waals surface area contributed by atoms with Crippen molar-refractivity contribution in [2.75, 3.05) is 13.1 Å². The van der Waals surface area contributed by atoms with Crippen molar-refractivity contribution >= 4 is 5.91 Å². The van der Waals surface area contributed by atoms with Crippen molar-refractivity contribution in [3.05, 3.63) is 29.3 Å². The van der Waals surface area contributed by atoms with Crippen LogP contribution in [0, 0.1) is 5.41 Å². The van der Waals surface area contributed by atoms with Crippen LogP contribution in [0.3, 0.4) is 0 Å². The summed E-state index contributed by atoms with van der Waals surface area (Å²) in [5.41, 5.74) is 1.46. The number of likely N-dealkylation sites (tertiary alicyclic amines) is 1. The molecule has 1 aliphatic heterocycles. The molecular weight excluding hydrogens is 259 g/mol. The number of benzene rings is 1. The molecule has 2 aliphatic rings. The Balaban J connectivity index is 1.73. The number of nitrogens with zero attached hydrogens (tertiary/aromatic N) is 1. The largest absolute Gasteiger partial charge is 0.508 e. The van der Waals surface area contributed by atoms with E-state index in [1.807, 2.05) is 6.07 Å². The van der Waals surface area contributed by atoms with E-state index in [0.717, 1.165) is 16.0 Å². The Morgan fingerprint density at radius 1 is 1.26 bits per heavy atom. The fraction of sp³-hybridized carbons (Fsp3) is 0.462. The molecule has 1 N–H and O–H groups in total. The third-order valence-corrected chi connectivity index (χ3v) is 3.95.